The number of aryl methyl sites for hydroxylation is 1. The topological polar surface area (TPSA) is 88.2 Å². The minimum absolute atomic E-state index is 0.252. The summed E-state index contributed by atoms with van der Waals surface area (Å²) in [6, 6.07) is 12.2. The summed E-state index contributed by atoms with van der Waals surface area (Å²) in [5.74, 6) is 1.60. The minimum Gasteiger partial charge on any atom is -0.385 e. The zero-order chi connectivity index (χ0) is 19.1. The van der Waals surface area contributed by atoms with Crippen LogP contribution in [0.1, 0.15) is 37.1 Å². The molecule has 0 amide bonds. The lowest BCUT2D eigenvalue weighted by Gasteiger charge is -2.36. The third-order valence-electron chi connectivity index (χ3n) is 5.77. The Morgan fingerprint density at radius 3 is 2.61 bits per heavy atom. The standard InChI is InChI=1S/C21H22N6O/c1-14-24-25-20-18-7-3-2-6-17(18)19(26-27(14)20)23-16-8-10-21(28,11-9-16)15-5-4-12-22-13-15/h2-7,12-13,16,28H,8-11H2,1H3,(H,23,26). The highest BCUT2D eigenvalue weighted by molar-refractivity contribution is 5.99. The molecule has 142 valence electrons. The van der Waals surface area contributed by atoms with Crippen molar-refractivity contribution in [3.05, 3.63) is 60.2 Å². The van der Waals surface area contributed by atoms with Crippen molar-refractivity contribution in [1.82, 2.24) is 24.8 Å². The molecule has 0 radical (unpaired) electrons. The number of hydrogen-bond donors (Lipinski definition) is 2. The largest absolute Gasteiger partial charge is 0.385 e. The van der Waals surface area contributed by atoms with Crippen molar-refractivity contribution in [2.75, 3.05) is 5.32 Å². The van der Waals surface area contributed by atoms with Gasteiger partial charge in [0.25, 0.3) is 0 Å². The Morgan fingerprint density at radius 2 is 1.86 bits per heavy atom. The molecule has 7 heteroatoms. The Morgan fingerprint density at radius 1 is 1.07 bits per heavy atom. The van der Waals surface area contributed by atoms with Crippen molar-refractivity contribution in [2.45, 2.75) is 44.2 Å². The van der Waals surface area contributed by atoms with E-state index in [0.29, 0.717) is 12.8 Å². The first-order valence-electron chi connectivity index (χ1n) is 9.64. The molecular formula is C21H22N6O. The summed E-state index contributed by atoms with van der Waals surface area (Å²) in [5.41, 5.74) is 0.878. The Bertz CT molecular complexity index is 1130. The van der Waals surface area contributed by atoms with Crippen molar-refractivity contribution in [1.29, 1.82) is 0 Å². The summed E-state index contributed by atoms with van der Waals surface area (Å²) in [4.78, 5) is 4.16. The zero-order valence-electron chi connectivity index (χ0n) is 15.7. The molecule has 4 aromatic rings. The van der Waals surface area contributed by atoms with Crippen LogP contribution in [0.5, 0.6) is 0 Å². The molecule has 1 aliphatic rings. The number of nitrogens with zero attached hydrogens (tertiary/aromatic N) is 5. The summed E-state index contributed by atoms with van der Waals surface area (Å²) in [6.45, 7) is 1.90. The summed E-state index contributed by atoms with van der Waals surface area (Å²) >= 11 is 0. The van der Waals surface area contributed by atoms with E-state index in [4.69, 9.17) is 5.10 Å². The van der Waals surface area contributed by atoms with E-state index >= 15 is 0 Å². The Balaban J connectivity index is 1.42. The van der Waals surface area contributed by atoms with E-state index in [9.17, 15) is 5.11 Å². The first-order chi connectivity index (χ1) is 13.6. The van der Waals surface area contributed by atoms with E-state index in [-0.39, 0.29) is 6.04 Å². The van der Waals surface area contributed by atoms with Crippen LogP contribution in [0.15, 0.2) is 48.8 Å². The maximum absolute atomic E-state index is 11.0. The first-order valence-corrected chi connectivity index (χ1v) is 9.64. The van der Waals surface area contributed by atoms with Crippen LogP contribution in [0.4, 0.5) is 5.82 Å². The van der Waals surface area contributed by atoms with Gasteiger partial charge in [0.05, 0.1) is 5.60 Å². The molecule has 7 nitrogen and oxygen atoms in total. The maximum Gasteiger partial charge on any atom is 0.185 e. The van der Waals surface area contributed by atoms with Crippen LogP contribution in [0, 0.1) is 6.92 Å². The molecule has 3 aromatic heterocycles. The number of benzene rings is 1. The van der Waals surface area contributed by atoms with Crippen LogP contribution >= 0.6 is 0 Å². The van der Waals surface area contributed by atoms with Crippen LogP contribution in [-0.2, 0) is 5.60 Å². The number of hydrogen-bond acceptors (Lipinski definition) is 6. The molecule has 0 unspecified atom stereocenters. The molecule has 0 saturated heterocycles. The van der Waals surface area contributed by atoms with Gasteiger partial charge in [0.2, 0.25) is 0 Å². The second-order valence-corrected chi connectivity index (χ2v) is 7.57. The molecule has 3 heterocycles. The lowest BCUT2D eigenvalue weighted by Crippen LogP contribution is -2.36. The van der Waals surface area contributed by atoms with Crippen molar-refractivity contribution >= 4 is 22.2 Å². The van der Waals surface area contributed by atoms with Crippen LogP contribution < -0.4 is 5.32 Å². The van der Waals surface area contributed by atoms with E-state index in [1.165, 1.54) is 0 Å². The van der Waals surface area contributed by atoms with Crippen LogP contribution in [0.2, 0.25) is 0 Å². The number of aliphatic hydroxyl groups is 1. The van der Waals surface area contributed by atoms with E-state index in [0.717, 1.165) is 46.5 Å². The average Bonchev–Trinajstić information content (AvgIpc) is 3.11. The summed E-state index contributed by atoms with van der Waals surface area (Å²) in [7, 11) is 0. The van der Waals surface area contributed by atoms with Gasteiger partial charge in [0.1, 0.15) is 0 Å². The molecule has 0 atom stereocenters. The Kier molecular flexibility index (Phi) is 3.98. The minimum atomic E-state index is -0.795. The lowest BCUT2D eigenvalue weighted by atomic mass is 9.78. The third-order valence-corrected chi connectivity index (χ3v) is 5.77. The van der Waals surface area contributed by atoms with E-state index in [2.05, 4.69) is 26.6 Å². The van der Waals surface area contributed by atoms with Crippen molar-refractivity contribution in [3.63, 3.8) is 0 Å². The maximum atomic E-state index is 11.0. The van der Waals surface area contributed by atoms with E-state index < -0.39 is 5.60 Å². The molecule has 28 heavy (non-hydrogen) atoms. The smallest absolute Gasteiger partial charge is 0.185 e. The molecular weight excluding hydrogens is 352 g/mol. The fourth-order valence-corrected chi connectivity index (χ4v) is 4.15. The molecule has 1 aliphatic carbocycles. The normalized spacial score (nSPS) is 22.6. The number of pyridine rings is 1. The first kappa shape index (κ1) is 17.1. The molecule has 2 N–H and O–H groups in total. The summed E-state index contributed by atoms with van der Waals surface area (Å²) in [6.07, 6.45) is 6.62. The number of nitrogens with one attached hydrogen (secondary N) is 1. The second kappa shape index (κ2) is 6.53. The van der Waals surface area contributed by atoms with Gasteiger partial charge in [-0.15, -0.1) is 15.3 Å². The molecule has 1 saturated carbocycles. The zero-order valence-corrected chi connectivity index (χ0v) is 15.7. The third kappa shape index (κ3) is 2.79. The summed E-state index contributed by atoms with van der Waals surface area (Å²) < 4.78 is 1.79. The molecule has 1 fully saturated rings. The van der Waals surface area contributed by atoms with Crippen molar-refractivity contribution in [2.24, 2.45) is 0 Å². The highest BCUT2D eigenvalue weighted by atomic mass is 16.3. The van der Waals surface area contributed by atoms with Gasteiger partial charge in [-0.2, -0.15) is 4.52 Å². The van der Waals surface area contributed by atoms with E-state index in [1.54, 1.807) is 16.9 Å². The predicted octanol–water partition coefficient (Wildman–Crippen LogP) is 3.22. The molecule has 0 aliphatic heterocycles. The van der Waals surface area contributed by atoms with Crippen LogP contribution in [0.3, 0.4) is 0 Å². The van der Waals surface area contributed by atoms with Crippen molar-refractivity contribution < 1.29 is 5.11 Å². The van der Waals surface area contributed by atoms with E-state index in [1.807, 2.05) is 37.3 Å². The van der Waals surface area contributed by atoms with Gasteiger partial charge in [0.15, 0.2) is 17.3 Å². The number of aromatic nitrogens is 5. The Hall–Kier alpha value is -3.06. The fraction of sp³-hybridized carbons (Fsp3) is 0.333. The quantitative estimate of drug-likeness (QED) is 0.572. The van der Waals surface area contributed by atoms with Gasteiger partial charge in [-0.25, -0.2) is 0 Å². The van der Waals surface area contributed by atoms with Crippen LogP contribution in [-0.4, -0.2) is 35.9 Å². The SMILES string of the molecule is Cc1nnc2c3ccccc3c(NC3CCC(O)(c4cccnc4)CC3)nn12. The number of rotatable bonds is 3. The van der Waals surface area contributed by atoms with Gasteiger partial charge in [-0.1, -0.05) is 30.3 Å². The lowest BCUT2D eigenvalue weighted by molar-refractivity contribution is -0.00362. The number of fused-ring (bicyclic) bond motifs is 3. The van der Waals surface area contributed by atoms with Gasteiger partial charge >= 0.3 is 0 Å². The van der Waals surface area contributed by atoms with Gasteiger partial charge in [-0.3, -0.25) is 4.98 Å². The second-order valence-electron chi connectivity index (χ2n) is 7.57. The average molecular weight is 374 g/mol. The van der Waals surface area contributed by atoms with Gasteiger partial charge in [0, 0.05) is 34.8 Å². The Labute approximate surface area is 162 Å². The van der Waals surface area contributed by atoms with Gasteiger partial charge < -0.3 is 10.4 Å². The highest BCUT2D eigenvalue weighted by Crippen LogP contribution is 2.38. The predicted molar refractivity (Wildman–Crippen MR) is 107 cm³/mol. The fourth-order valence-electron chi connectivity index (χ4n) is 4.15. The van der Waals surface area contributed by atoms with Crippen molar-refractivity contribution in [3.8, 4) is 0 Å². The van der Waals surface area contributed by atoms with Crippen LogP contribution in [0.25, 0.3) is 16.4 Å². The molecule has 0 spiro atoms. The monoisotopic (exact) mass is 374 g/mol. The van der Waals surface area contributed by atoms with Gasteiger partial charge in [-0.05, 0) is 38.7 Å². The number of anilines is 1. The molecule has 1 aromatic carbocycles. The highest BCUT2D eigenvalue weighted by Gasteiger charge is 2.35. The molecule has 0 bridgehead atoms. The summed E-state index contributed by atoms with van der Waals surface area (Å²) in [5, 5.41) is 29.9. The molecule has 5 rings (SSSR count).